The molecule has 0 saturated heterocycles. The molecule has 0 spiro atoms. The summed E-state index contributed by atoms with van der Waals surface area (Å²) >= 11 is 0. The normalized spacial score (nSPS) is 10.1. The minimum absolute atomic E-state index is 0.179. The highest BCUT2D eigenvalue weighted by Gasteiger charge is 2.35. The number of hydrogen-bond acceptors (Lipinski definition) is 6. The summed E-state index contributed by atoms with van der Waals surface area (Å²) in [6, 6.07) is 8.54. The van der Waals surface area contributed by atoms with Gasteiger partial charge in [-0.25, -0.2) is 0 Å². The van der Waals surface area contributed by atoms with Crippen LogP contribution >= 0.6 is 0 Å². The highest BCUT2D eigenvalue weighted by Crippen LogP contribution is 2.33. The predicted molar refractivity (Wildman–Crippen MR) is 73.7 cm³/mol. The van der Waals surface area contributed by atoms with Crippen LogP contribution in [0.4, 0.5) is 0 Å². The van der Waals surface area contributed by atoms with E-state index in [-0.39, 0.29) is 13.0 Å². The van der Waals surface area contributed by atoms with Crippen molar-refractivity contribution in [3.63, 3.8) is 0 Å². The zero-order valence-electron chi connectivity index (χ0n) is 12.2. The molecule has 6 heteroatoms. The summed E-state index contributed by atoms with van der Waals surface area (Å²) in [5, 5.41) is 18.7. The molecule has 0 amide bonds. The third-order valence-electron chi connectivity index (χ3n) is 3.00. The van der Waals surface area contributed by atoms with Crippen LogP contribution in [0.5, 0.6) is 11.5 Å². The van der Waals surface area contributed by atoms with Crippen LogP contribution in [-0.2, 0) is 14.9 Å². The van der Waals surface area contributed by atoms with Gasteiger partial charge in [0.25, 0.3) is 0 Å². The second-order valence-electron chi connectivity index (χ2n) is 4.21. The molecule has 110 valence electrons. The van der Waals surface area contributed by atoms with E-state index in [2.05, 4.69) is 0 Å². The molecule has 0 bridgehead atoms. The van der Waals surface area contributed by atoms with Gasteiger partial charge in [-0.1, -0.05) is 13.0 Å². The molecule has 0 aliphatic rings. The van der Waals surface area contributed by atoms with Gasteiger partial charge in [-0.05, 0) is 17.7 Å². The molecule has 0 unspecified atom stereocenters. The first-order chi connectivity index (χ1) is 10.1. The van der Waals surface area contributed by atoms with Gasteiger partial charge in [0.15, 0.2) is 11.5 Å². The van der Waals surface area contributed by atoms with Gasteiger partial charge >= 0.3 is 5.97 Å². The Kier molecular flexibility index (Phi) is 5.57. The Hall–Kier alpha value is -2.73. The summed E-state index contributed by atoms with van der Waals surface area (Å²) in [4.78, 5) is 11.3. The Balaban J connectivity index is 3.20. The van der Waals surface area contributed by atoms with E-state index in [1.54, 1.807) is 19.1 Å². The largest absolute Gasteiger partial charge is 0.493 e. The van der Waals surface area contributed by atoms with E-state index < -0.39 is 11.4 Å². The molecule has 1 aromatic rings. The molecule has 6 nitrogen and oxygen atoms in total. The van der Waals surface area contributed by atoms with E-state index in [0.717, 1.165) is 0 Å². The SMILES string of the molecule is CCC(=O)OCC(C#N)(C#N)c1ccc(OC)c(OC)c1. The van der Waals surface area contributed by atoms with Crippen LogP contribution in [0.3, 0.4) is 0 Å². The first-order valence-corrected chi connectivity index (χ1v) is 6.27. The molecule has 0 aliphatic heterocycles. The average Bonchev–Trinajstić information content (AvgIpc) is 2.55. The van der Waals surface area contributed by atoms with E-state index in [9.17, 15) is 15.3 Å². The summed E-state index contributed by atoms with van der Waals surface area (Å²) in [7, 11) is 2.95. The Labute approximate surface area is 123 Å². The molecule has 0 fully saturated rings. The smallest absolute Gasteiger partial charge is 0.305 e. The predicted octanol–water partition coefficient (Wildman–Crippen LogP) is 1.94. The third-order valence-corrected chi connectivity index (χ3v) is 3.00. The Morgan fingerprint density at radius 2 is 1.81 bits per heavy atom. The van der Waals surface area contributed by atoms with Gasteiger partial charge < -0.3 is 14.2 Å². The van der Waals surface area contributed by atoms with Gasteiger partial charge in [0, 0.05) is 6.42 Å². The monoisotopic (exact) mass is 288 g/mol. The fraction of sp³-hybridized carbons (Fsp3) is 0.400. The standard InChI is InChI=1S/C15H16N2O4/c1-4-14(18)21-10-15(8-16,9-17)11-5-6-12(19-2)13(7-11)20-3/h5-7H,4,10H2,1-3H3. The van der Waals surface area contributed by atoms with E-state index in [1.807, 2.05) is 12.1 Å². The molecule has 0 heterocycles. The molecular formula is C15H16N2O4. The van der Waals surface area contributed by atoms with Crippen molar-refractivity contribution in [3.05, 3.63) is 23.8 Å². The lowest BCUT2D eigenvalue weighted by molar-refractivity contribution is -0.144. The van der Waals surface area contributed by atoms with Gasteiger partial charge in [0.1, 0.15) is 6.61 Å². The van der Waals surface area contributed by atoms with Gasteiger partial charge in [-0.2, -0.15) is 10.5 Å². The number of benzene rings is 1. The quantitative estimate of drug-likeness (QED) is 0.743. The molecule has 0 N–H and O–H groups in total. The molecule has 0 radical (unpaired) electrons. The number of rotatable bonds is 6. The maximum atomic E-state index is 11.3. The number of hydrogen-bond donors (Lipinski definition) is 0. The van der Waals surface area contributed by atoms with Crippen molar-refractivity contribution in [2.45, 2.75) is 18.8 Å². The van der Waals surface area contributed by atoms with Gasteiger partial charge in [-0.15, -0.1) is 0 Å². The second-order valence-corrected chi connectivity index (χ2v) is 4.21. The number of carbonyl (C=O) groups is 1. The number of nitrogens with zero attached hydrogens (tertiary/aromatic N) is 2. The first kappa shape index (κ1) is 16.3. The van der Waals surface area contributed by atoms with E-state index in [4.69, 9.17) is 14.2 Å². The fourth-order valence-electron chi connectivity index (χ4n) is 1.69. The third kappa shape index (κ3) is 3.43. The summed E-state index contributed by atoms with van der Waals surface area (Å²) in [5.74, 6) is 0.411. The lowest BCUT2D eigenvalue weighted by Gasteiger charge is -2.20. The maximum absolute atomic E-state index is 11.3. The van der Waals surface area contributed by atoms with Crippen LogP contribution in [0.15, 0.2) is 18.2 Å². The van der Waals surface area contributed by atoms with E-state index in [0.29, 0.717) is 17.1 Å². The second kappa shape index (κ2) is 7.16. The lowest BCUT2D eigenvalue weighted by Crippen LogP contribution is -2.30. The average molecular weight is 288 g/mol. The van der Waals surface area contributed by atoms with Crippen molar-refractivity contribution in [3.8, 4) is 23.6 Å². The fourth-order valence-corrected chi connectivity index (χ4v) is 1.69. The van der Waals surface area contributed by atoms with Crippen molar-refractivity contribution < 1.29 is 19.0 Å². The Morgan fingerprint density at radius 1 is 1.19 bits per heavy atom. The van der Waals surface area contributed by atoms with Gasteiger partial charge in [-0.3, -0.25) is 4.79 Å². The minimum atomic E-state index is -1.58. The number of nitriles is 2. The van der Waals surface area contributed by atoms with E-state index >= 15 is 0 Å². The summed E-state index contributed by atoms with van der Waals surface area (Å²) in [6.07, 6.45) is 0.179. The molecular weight excluding hydrogens is 272 g/mol. The minimum Gasteiger partial charge on any atom is -0.493 e. The topological polar surface area (TPSA) is 92.3 Å². The highest BCUT2D eigenvalue weighted by atomic mass is 16.5. The summed E-state index contributed by atoms with van der Waals surface area (Å²) in [5.41, 5.74) is -1.20. The molecule has 0 saturated carbocycles. The molecule has 1 aromatic carbocycles. The number of esters is 1. The zero-order valence-corrected chi connectivity index (χ0v) is 12.2. The van der Waals surface area contributed by atoms with Gasteiger partial charge in [0.2, 0.25) is 5.41 Å². The Bertz CT molecular complexity index is 585. The van der Waals surface area contributed by atoms with Crippen LogP contribution in [0.25, 0.3) is 0 Å². The number of carbonyl (C=O) groups excluding carboxylic acids is 1. The number of ether oxygens (including phenoxy) is 3. The van der Waals surface area contributed by atoms with E-state index in [1.165, 1.54) is 20.3 Å². The Morgan fingerprint density at radius 3 is 2.29 bits per heavy atom. The van der Waals surface area contributed by atoms with Crippen LogP contribution in [-0.4, -0.2) is 26.8 Å². The highest BCUT2D eigenvalue weighted by molar-refractivity contribution is 5.69. The van der Waals surface area contributed by atoms with Crippen molar-refractivity contribution in [1.29, 1.82) is 10.5 Å². The van der Waals surface area contributed by atoms with Crippen molar-refractivity contribution in [1.82, 2.24) is 0 Å². The number of methoxy groups -OCH3 is 2. The van der Waals surface area contributed by atoms with Crippen LogP contribution < -0.4 is 9.47 Å². The van der Waals surface area contributed by atoms with Crippen molar-refractivity contribution in [2.24, 2.45) is 0 Å². The van der Waals surface area contributed by atoms with Crippen LogP contribution in [0.2, 0.25) is 0 Å². The molecule has 0 aromatic heterocycles. The van der Waals surface area contributed by atoms with Crippen LogP contribution in [0, 0.1) is 22.7 Å². The molecule has 1 rings (SSSR count). The van der Waals surface area contributed by atoms with Crippen LogP contribution in [0.1, 0.15) is 18.9 Å². The maximum Gasteiger partial charge on any atom is 0.305 e. The molecule has 0 atom stereocenters. The molecule has 0 aliphatic carbocycles. The summed E-state index contributed by atoms with van der Waals surface area (Å²) < 4.78 is 15.2. The summed E-state index contributed by atoms with van der Waals surface area (Å²) in [6.45, 7) is 1.31. The van der Waals surface area contributed by atoms with Crippen molar-refractivity contribution in [2.75, 3.05) is 20.8 Å². The first-order valence-electron chi connectivity index (χ1n) is 6.27. The zero-order chi connectivity index (χ0) is 15.9. The van der Waals surface area contributed by atoms with Crippen molar-refractivity contribution >= 4 is 5.97 Å². The lowest BCUT2D eigenvalue weighted by atomic mass is 9.84. The molecule has 21 heavy (non-hydrogen) atoms. The van der Waals surface area contributed by atoms with Gasteiger partial charge in [0.05, 0.1) is 26.4 Å².